The third kappa shape index (κ3) is 4.51. The van der Waals surface area contributed by atoms with E-state index in [4.69, 9.17) is 4.74 Å². The number of carbonyl (C=O) groups is 1. The molecule has 1 aromatic rings. The summed E-state index contributed by atoms with van der Waals surface area (Å²) < 4.78 is 5.38. The van der Waals surface area contributed by atoms with Crippen LogP contribution in [0, 0.1) is 10.1 Å². The predicted molar refractivity (Wildman–Crippen MR) is 75.1 cm³/mol. The molecule has 0 atom stereocenters. The maximum absolute atomic E-state index is 11.4. The quantitative estimate of drug-likeness (QED) is 0.426. The number of ether oxygens (including phenoxy) is 1. The van der Waals surface area contributed by atoms with Crippen LogP contribution in [0.3, 0.4) is 0 Å². The second-order valence-electron chi connectivity index (χ2n) is 4.12. The molecule has 0 unspecified atom stereocenters. The summed E-state index contributed by atoms with van der Waals surface area (Å²) in [4.78, 5) is 21.9. The van der Waals surface area contributed by atoms with Gasteiger partial charge in [-0.15, -0.1) is 0 Å². The van der Waals surface area contributed by atoms with Gasteiger partial charge in [0.15, 0.2) is 5.75 Å². The average Bonchev–Trinajstić information content (AvgIpc) is 2.46. The van der Waals surface area contributed by atoms with Crippen LogP contribution < -0.4 is 15.4 Å². The Morgan fingerprint density at radius 2 is 2.15 bits per heavy atom. The van der Waals surface area contributed by atoms with Gasteiger partial charge >= 0.3 is 5.69 Å². The average molecular weight is 281 g/mol. The smallest absolute Gasteiger partial charge is 0.311 e. The van der Waals surface area contributed by atoms with Crippen molar-refractivity contribution >= 4 is 11.6 Å². The number of benzene rings is 1. The lowest BCUT2D eigenvalue weighted by atomic mass is 10.2. The first-order chi connectivity index (χ1) is 9.60. The lowest BCUT2D eigenvalue weighted by molar-refractivity contribution is -0.385. The van der Waals surface area contributed by atoms with Gasteiger partial charge < -0.3 is 15.4 Å². The molecule has 20 heavy (non-hydrogen) atoms. The first-order valence-electron chi connectivity index (χ1n) is 6.44. The second kappa shape index (κ2) is 8.11. The summed E-state index contributed by atoms with van der Waals surface area (Å²) in [6, 6.07) is 4.16. The van der Waals surface area contributed by atoms with E-state index in [0.717, 1.165) is 13.0 Å². The number of carbonyl (C=O) groups excluding carboxylic acids is 1. The van der Waals surface area contributed by atoms with Crippen molar-refractivity contribution in [1.29, 1.82) is 0 Å². The summed E-state index contributed by atoms with van der Waals surface area (Å²) in [7, 11) is 1.47. The van der Waals surface area contributed by atoms with E-state index in [1.807, 2.05) is 0 Å². The fraction of sp³-hybridized carbons (Fsp3) is 0.462. The number of hydrogen-bond acceptors (Lipinski definition) is 5. The van der Waals surface area contributed by atoms with Gasteiger partial charge in [0.05, 0.1) is 4.92 Å². The minimum Gasteiger partial charge on any atom is -0.485 e. The van der Waals surface area contributed by atoms with Crippen molar-refractivity contribution in [1.82, 2.24) is 10.6 Å². The molecule has 7 heteroatoms. The molecule has 0 fully saturated rings. The molecule has 0 spiro atoms. The summed E-state index contributed by atoms with van der Waals surface area (Å²) in [5.41, 5.74) is 0.0252. The van der Waals surface area contributed by atoms with E-state index >= 15 is 0 Å². The first-order valence-corrected chi connectivity index (χ1v) is 6.44. The Balaban J connectivity index is 2.75. The van der Waals surface area contributed by atoms with Crippen molar-refractivity contribution in [3.63, 3.8) is 0 Å². The molecule has 0 heterocycles. The highest BCUT2D eigenvalue weighted by atomic mass is 16.6. The Bertz CT molecular complexity index is 477. The highest BCUT2D eigenvalue weighted by Gasteiger charge is 2.18. The summed E-state index contributed by atoms with van der Waals surface area (Å²) in [5.74, 6) is -0.204. The van der Waals surface area contributed by atoms with E-state index in [-0.39, 0.29) is 22.9 Å². The van der Waals surface area contributed by atoms with Crippen molar-refractivity contribution in [2.75, 3.05) is 26.7 Å². The molecule has 0 aliphatic rings. The van der Waals surface area contributed by atoms with Crippen LogP contribution in [-0.4, -0.2) is 37.6 Å². The third-order valence-corrected chi connectivity index (χ3v) is 2.61. The van der Waals surface area contributed by atoms with Crippen LogP contribution in [0.4, 0.5) is 5.69 Å². The number of amides is 1. The summed E-state index contributed by atoms with van der Waals surface area (Å²) in [5, 5.41) is 16.6. The molecule has 1 aromatic carbocycles. The van der Waals surface area contributed by atoms with Crippen LogP contribution >= 0.6 is 0 Å². The van der Waals surface area contributed by atoms with Crippen molar-refractivity contribution in [3.05, 3.63) is 33.9 Å². The van der Waals surface area contributed by atoms with E-state index in [2.05, 4.69) is 17.6 Å². The molecule has 0 radical (unpaired) electrons. The highest BCUT2D eigenvalue weighted by molar-refractivity contribution is 5.94. The predicted octanol–water partition coefficient (Wildman–Crippen LogP) is 1.33. The SMILES string of the molecule is CCCNCCOc1ccc(C(=O)NC)cc1[N+](=O)[O-]. The van der Waals surface area contributed by atoms with Crippen LogP contribution in [0.15, 0.2) is 18.2 Å². The zero-order valence-electron chi connectivity index (χ0n) is 11.6. The normalized spacial score (nSPS) is 10.1. The lowest BCUT2D eigenvalue weighted by Crippen LogP contribution is -2.22. The Labute approximate surface area is 117 Å². The number of nitro groups is 1. The highest BCUT2D eigenvalue weighted by Crippen LogP contribution is 2.27. The van der Waals surface area contributed by atoms with Crippen LogP contribution in [-0.2, 0) is 0 Å². The third-order valence-electron chi connectivity index (χ3n) is 2.61. The fourth-order valence-corrected chi connectivity index (χ4v) is 1.60. The largest absolute Gasteiger partial charge is 0.485 e. The Morgan fingerprint density at radius 1 is 1.40 bits per heavy atom. The number of nitrogens with zero attached hydrogens (tertiary/aromatic N) is 1. The van der Waals surface area contributed by atoms with Gasteiger partial charge in [0.25, 0.3) is 5.91 Å². The zero-order valence-corrected chi connectivity index (χ0v) is 11.6. The van der Waals surface area contributed by atoms with E-state index in [1.165, 1.54) is 25.2 Å². The molecule has 0 aliphatic carbocycles. The minimum atomic E-state index is -0.554. The molecule has 1 amide bonds. The van der Waals surface area contributed by atoms with Gasteiger partial charge in [-0.1, -0.05) is 6.92 Å². The maximum Gasteiger partial charge on any atom is 0.311 e. The molecule has 1 rings (SSSR count). The van der Waals surface area contributed by atoms with Crippen LogP contribution in [0.25, 0.3) is 0 Å². The molecule has 0 saturated heterocycles. The van der Waals surface area contributed by atoms with Gasteiger partial charge in [-0.3, -0.25) is 14.9 Å². The molecule has 110 valence electrons. The fourth-order valence-electron chi connectivity index (χ4n) is 1.60. The minimum absolute atomic E-state index is 0.168. The van der Waals surface area contributed by atoms with Crippen molar-refractivity contribution < 1.29 is 14.5 Å². The molecule has 0 saturated carbocycles. The van der Waals surface area contributed by atoms with E-state index in [1.54, 1.807) is 0 Å². The Hall–Kier alpha value is -2.15. The topological polar surface area (TPSA) is 93.5 Å². The van der Waals surface area contributed by atoms with Crippen LogP contribution in [0.2, 0.25) is 0 Å². The van der Waals surface area contributed by atoms with E-state index < -0.39 is 4.92 Å². The Kier molecular flexibility index (Phi) is 6.45. The molecular weight excluding hydrogens is 262 g/mol. The number of hydrogen-bond donors (Lipinski definition) is 2. The second-order valence-corrected chi connectivity index (χ2v) is 4.12. The van der Waals surface area contributed by atoms with Gasteiger partial charge in [0, 0.05) is 25.2 Å². The van der Waals surface area contributed by atoms with Crippen molar-refractivity contribution in [2.24, 2.45) is 0 Å². The van der Waals surface area contributed by atoms with Gasteiger partial charge in [-0.25, -0.2) is 0 Å². The first kappa shape index (κ1) is 15.9. The van der Waals surface area contributed by atoms with Crippen LogP contribution in [0.5, 0.6) is 5.75 Å². The zero-order chi connectivity index (χ0) is 15.0. The van der Waals surface area contributed by atoms with Gasteiger partial charge in [-0.05, 0) is 25.1 Å². The summed E-state index contributed by atoms with van der Waals surface area (Å²) in [6.45, 7) is 3.87. The monoisotopic (exact) mass is 281 g/mol. The molecule has 0 bridgehead atoms. The summed E-state index contributed by atoms with van der Waals surface area (Å²) >= 11 is 0. The van der Waals surface area contributed by atoms with Gasteiger partial charge in [0.1, 0.15) is 6.61 Å². The van der Waals surface area contributed by atoms with Gasteiger partial charge in [0.2, 0.25) is 0 Å². The number of rotatable bonds is 8. The summed E-state index contributed by atoms with van der Waals surface area (Å²) in [6.07, 6.45) is 1.01. The number of nitro benzene ring substituents is 1. The molecule has 0 aromatic heterocycles. The van der Waals surface area contributed by atoms with Gasteiger partial charge in [-0.2, -0.15) is 0 Å². The maximum atomic E-state index is 11.4. The Morgan fingerprint density at radius 3 is 2.75 bits per heavy atom. The van der Waals surface area contributed by atoms with Crippen molar-refractivity contribution in [2.45, 2.75) is 13.3 Å². The molecular formula is C13H19N3O4. The molecule has 2 N–H and O–H groups in total. The lowest BCUT2D eigenvalue weighted by Gasteiger charge is -2.08. The molecule has 7 nitrogen and oxygen atoms in total. The van der Waals surface area contributed by atoms with E-state index in [0.29, 0.717) is 13.2 Å². The van der Waals surface area contributed by atoms with Crippen LogP contribution in [0.1, 0.15) is 23.7 Å². The number of nitrogens with one attached hydrogen (secondary N) is 2. The van der Waals surface area contributed by atoms with Crippen molar-refractivity contribution in [3.8, 4) is 5.75 Å². The van der Waals surface area contributed by atoms with E-state index in [9.17, 15) is 14.9 Å². The molecule has 0 aliphatic heterocycles. The standard InChI is InChI=1S/C13H19N3O4/c1-3-6-15-7-8-20-12-5-4-10(13(17)14-2)9-11(12)16(18)19/h4-5,9,15H,3,6-8H2,1-2H3,(H,14,17).